The highest BCUT2D eigenvalue weighted by molar-refractivity contribution is 6.07. The van der Waals surface area contributed by atoms with Crippen molar-refractivity contribution in [1.29, 1.82) is 0 Å². The van der Waals surface area contributed by atoms with Crippen LogP contribution in [-0.4, -0.2) is 56.6 Å². The van der Waals surface area contributed by atoms with Crippen LogP contribution in [0.3, 0.4) is 0 Å². The van der Waals surface area contributed by atoms with Gasteiger partial charge in [-0.25, -0.2) is 0 Å². The van der Waals surface area contributed by atoms with Crippen LogP contribution in [0.4, 0.5) is 0 Å². The SMILES string of the molecule is COc1cc(/C=C/C(=O)c2cc3ccccc3o2)ccc1OCC(=O)N1CCOCC1. The average Bonchev–Trinajstić information content (AvgIpc) is 3.26. The number of ether oxygens (including phenoxy) is 3. The van der Waals surface area contributed by atoms with Gasteiger partial charge >= 0.3 is 0 Å². The van der Waals surface area contributed by atoms with Gasteiger partial charge in [-0.05, 0) is 35.9 Å². The molecule has 31 heavy (non-hydrogen) atoms. The number of amides is 1. The van der Waals surface area contributed by atoms with Crippen LogP contribution < -0.4 is 9.47 Å². The fraction of sp³-hybridized carbons (Fsp3) is 0.250. The predicted octanol–water partition coefficient (Wildman–Crippen LogP) is 3.58. The van der Waals surface area contributed by atoms with Crippen molar-refractivity contribution in [3.63, 3.8) is 0 Å². The molecule has 0 atom stereocenters. The third kappa shape index (κ3) is 4.95. The molecular formula is C24H23NO6. The minimum atomic E-state index is -0.230. The molecule has 1 aliphatic heterocycles. The zero-order valence-electron chi connectivity index (χ0n) is 17.2. The Morgan fingerprint density at radius 2 is 1.87 bits per heavy atom. The zero-order chi connectivity index (χ0) is 21.6. The van der Waals surface area contributed by atoms with E-state index in [9.17, 15) is 9.59 Å². The predicted molar refractivity (Wildman–Crippen MR) is 115 cm³/mol. The Balaban J connectivity index is 1.41. The van der Waals surface area contributed by atoms with Gasteiger partial charge in [0.1, 0.15) is 5.58 Å². The van der Waals surface area contributed by atoms with Crippen LogP contribution >= 0.6 is 0 Å². The van der Waals surface area contributed by atoms with Crippen molar-refractivity contribution in [1.82, 2.24) is 4.90 Å². The van der Waals surface area contributed by atoms with Crippen molar-refractivity contribution in [2.24, 2.45) is 0 Å². The van der Waals surface area contributed by atoms with Crippen LogP contribution in [0.1, 0.15) is 16.1 Å². The number of para-hydroxylation sites is 1. The molecule has 1 aromatic heterocycles. The molecular weight excluding hydrogens is 398 g/mol. The molecule has 7 nitrogen and oxygen atoms in total. The number of furan rings is 1. The molecule has 4 rings (SSSR count). The van der Waals surface area contributed by atoms with E-state index < -0.39 is 0 Å². The molecule has 3 aromatic rings. The largest absolute Gasteiger partial charge is 0.493 e. The standard InChI is InChI=1S/C24H23NO6/c1-28-23-14-17(6-8-19(26)22-15-18-4-2-3-5-20(18)31-22)7-9-21(23)30-16-24(27)25-10-12-29-13-11-25/h2-9,14-15H,10-13,16H2,1H3/b8-6+. The van der Waals surface area contributed by atoms with E-state index in [1.54, 1.807) is 35.2 Å². The lowest BCUT2D eigenvalue weighted by atomic mass is 10.1. The van der Waals surface area contributed by atoms with E-state index in [0.717, 1.165) is 10.9 Å². The van der Waals surface area contributed by atoms with Crippen molar-refractivity contribution >= 4 is 28.7 Å². The molecule has 0 aliphatic carbocycles. The lowest BCUT2D eigenvalue weighted by Crippen LogP contribution is -2.43. The summed E-state index contributed by atoms with van der Waals surface area (Å²) in [6, 6.07) is 14.5. The number of ketones is 1. The number of allylic oxidation sites excluding steroid dienone is 1. The van der Waals surface area contributed by atoms with Crippen LogP contribution in [-0.2, 0) is 9.53 Å². The second-order valence-electron chi connectivity index (χ2n) is 7.04. The molecule has 0 radical (unpaired) electrons. The van der Waals surface area contributed by atoms with Gasteiger partial charge in [0.2, 0.25) is 5.78 Å². The minimum Gasteiger partial charge on any atom is -0.493 e. The van der Waals surface area contributed by atoms with Gasteiger partial charge in [0.05, 0.1) is 20.3 Å². The Hall–Kier alpha value is -3.58. The Labute approximate surface area is 179 Å². The van der Waals surface area contributed by atoms with Crippen molar-refractivity contribution in [3.05, 3.63) is 65.9 Å². The molecule has 2 aromatic carbocycles. The second kappa shape index (κ2) is 9.49. The summed E-state index contributed by atoms with van der Waals surface area (Å²) < 4.78 is 21.9. The fourth-order valence-corrected chi connectivity index (χ4v) is 3.31. The topological polar surface area (TPSA) is 78.2 Å². The number of rotatable bonds is 7. The van der Waals surface area contributed by atoms with Crippen molar-refractivity contribution in [2.45, 2.75) is 0 Å². The Morgan fingerprint density at radius 3 is 2.65 bits per heavy atom. The number of carbonyl (C=O) groups excluding carboxylic acids is 2. The zero-order valence-corrected chi connectivity index (χ0v) is 17.2. The number of hydrogen-bond acceptors (Lipinski definition) is 6. The van der Waals surface area contributed by atoms with Gasteiger partial charge in [-0.2, -0.15) is 0 Å². The first-order valence-corrected chi connectivity index (χ1v) is 10.0. The quantitative estimate of drug-likeness (QED) is 0.429. The smallest absolute Gasteiger partial charge is 0.260 e. The molecule has 1 aliphatic rings. The molecule has 7 heteroatoms. The third-order valence-electron chi connectivity index (χ3n) is 5.00. The molecule has 0 N–H and O–H groups in total. The van der Waals surface area contributed by atoms with Crippen LogP contribution in [0.15, 0.2) is 59.0 Å². The summed E-state index contributed by atoms with van der Waals surface area (Å²) in [7, 11) is 1.53. The fourth-order valence-electron chi connectivity index (χ4n) is 3.31. The minimum absolute atomic E-state index is 0.0733. The van der Waals surface area contributed by atoms with E-state index in [-0.39, 0.29) is 24.1 Å². The highest BCUT2D eigenvalue weighted by Crippen LogP contribution is 2.29. The summed E-state index contributed by atoms with van der Waals surface area (Å²) in [5, 5.41) is 0.883. The van der Waals surface area contributed by atoms with Crippen molar-refractivity contribution in [2.75, 3.05) is 40.0 Å². The lowest BCUT2D eigenvalue weighted by molar-refractivity contribution is -0.137. The van der Waals surface area contributed by atoms with Gasteiger partial charge in [-0.15, -0.1) is 0 Å². The monoisotopic (exact) mass is 421 g/mol. The van der Waals surface area contributed by atoms with Gasteiger partial charge in [0.25, 0.3) is 5.91 Å². The van der Waals surface area contributed by atoms with Crippen LogP contribution in [0.5, 0.6) is 11.5 Å². The summed E-state index contributed by atoms with van der Waals surface area (Å²) in [5.74, 6) is 0.904. The number of methoxy groups -OCH3 is 1. The summed E-state index contributed by atoms with van der Waals surface area (Å²) in [6.45, 7) is 2.16. The van der Waals surface area contributed by atoms with Crippen LogP contribution in [0, 0.1) is 0 Å². The van der Waals surface area contributed by atoms with Gasteiger partial charge in [0, 0.05) is 18.5 Å². The number of hydrogen-bond donors (Lipinski definition) is 0. The molecule has 1 saturated heterocycles. The third-order valence-corrected chi connectivity index (χ3v) is 5.00. The van der Waals surface area contributed by atoms with E-state index in [1.807, 2.05) is 24.3 Å². The summed E-state index contributed by atoms with van der Waals surface area (Å²) in [4.78, 5) is 26.4. The highest BCUT2D eigenvalue weighted by Gasteiger charge is 2.18. The molecule has 0 saturated carbocycles. The molecule has 0 spiro atoms. The van der Waals surface area contributed by atoms with E-state index >= 15 is 0 Å². The number of benzene rings is 2. The van der Waals surface area contributed by atoms with E-state index in [2.05, 4.69) is 0 Å². The first kappa shape index (κ1) is 20.7. The van der Waals surface area contributed by atoms with E-state index in [0.29, 0.717) is 43.4 Å². The number of fused-ring (bicyclic) bond motifs is 1. The Bertz CT molecular complexity index is 1080. The van der Waals surface area contributed by atoms with Gasteiger partial charge < -0.3 is 23.5 Å². The Morgan fingerprint density at radius 1 is 1.06 bits per heavy atom. The van der Waals surface area contributed by atoms with Crippen molar-refractivity contribution < 1.29 is 28.2 Å². The number of nitrogens with zero attached hydrogens (tertiary/aromatic N) is 1. The molecule has 160 valence electrons. The summed E-state index contributed by atoms with van der Waals surface area (Å²) in [5.41, 5.74) is 1.43. The molecule has 1 fully saturated rings. The maximum atomic E-state index is 12.4. The first-order chi connectivity index (χ1) is 15.1. The van der Waals surface area contributed by atoms with Gasteiger partial charge in [-0.1, -0.05) is 30.3 Å². The molecule has 0 bridgehead atoms. The number of carbonyl (C=O) groups is 2. The van der Waals surface area contributed by atoms with E-state index in [4.69, 9.17) is 18.6 Å². The molecule has 0 unspecified atom stereocenters. The lowest BCUT2D eigenvalue weighted by Gasteiger charge is -2.26. The second-order valence-corrected chi connectivity index (χ2v) is 7.04. The summed E-state index contributed by atoms with van der Waals surface area (Å²) in [6.07, 6.45) is 3.13. The van der Waals surface area contributed by atoms with E-state index in [1.165, 1.54) is 13.2 Å². The normalized spacial score (nSPS) is 14.2. The maximum absolute atomic E-state index is 12.4. The van der Waals surface area contributed by atoms with Crippen molar-refractivity contribution in [3.8, 4) is 11.5 Å². The highest BCUT2D eigenvalue weighted by atomic mass is 16.5. The maximum Gasteiger partial charge on any atom is 0.260 e. The molecule has 1 amide bonds. The van der Waals surface area contributed by atoms with Gasteiger partial charge in [0.15, 0.2) is 23.9 Å². The van der Waals surface area contributed by atoms with Crippen LogP contribution in [0.25, 0.3) is 17.0 Å². The average molecular weight is 421 g/mol. The molecule has 2 heterocycles. The number of morpholine rings is 1. The Kier molecular flexibility index (Phi) is 6.33. The first-order valence-electron chi connectivity index (χ1n) is 10.0. The summed E-state index contributed by atoms with van der Waals surface area (Å²) >= 11 is 0. The van der Waals surface area contributed by atoms with Crippen LogP contribution in [0.2, 0.25) is 0 Å². The van der Waals surface area contributed by atoms with Gasteiger partial charge in [-0.3, -0.25) is 9.59 Å².